The number of hydrogen-bond donors (Lipinski definition) is 2. The highest BCUT2D eigenvalue weighted by Gasteiger charge is 2.49. The second-order valence-corrected chi connectivity index (χ2v) is 28.5. The maximum Gasteiger partial charge on any atom is 0.409 e. The Kier molecular flexibility index (Phi) is 23.1. The zero-order valence-electron chi connectivity index (χ0n) is 52.0. The van der Waals surface area contributed by atoms with Crippen molar-refractivity contribution in [2.24, 2.45) is 5.73 Å². The molecule has 465 valence electrons. The second-order valence-electron chi connectivity index (χ2n) is 23.8. The Morgan fingerprint density at radius 3 is 1.79 bits per heavy atom. The summed E-state index contributed by atoms with van der Waals surface area (Å²) in [6, 6.07) is 12.3. The molecule has 0 saturated carbocycles. The average Bonchev–Trinajstić information content (AvgIpc) is 2.17. The van der Waals surface area contributed by atoms with Gasteiger partial charge in [0.25, 0.3) is 11.8 Å². The first-order valence-corrected chi connectivity index (χ1v) is 32.7. The van der Waals surface area contributed by atoms with Crippen LogP contribution in [0.4, 0.5) is 11.4 Å². The zero-order chi connectivity index (χ0) is 61.7. The molecule has 8 rings (SSSR count). The second kappa shape index (κ2) is 30.2. The number of carbonyl (C=O) groups is 3. The maximum absolute atomic E-state index is 14.6. The van der Waals surface area contributed by atoms with E-state index < -0.39 is 21.6 Å². The van der Waals surface area contributed by atoms with Crippen LogP contribution in [0.15, 0.2) is 72.2 Å². The summed E-state index contributed by atoms with van der Waals surface area (Å²) in [6.07, 6.45) is 7.04. The minimum atomic E-state index is -2.47. The van der Waals surface area contributed by atoms with Crippen LogP contribution in [0.1, 0.15) is 91.8 Å². The fourth-order valence-corrected chi connectivity index (χ4v) is 12.1. The van der Waals surface area contributed by atoms with Gasteiger partial charge >= 0.3 is 14.5 Å². The molecule has 1 aromatic heterocycles. The van der Waals surface area contributed by atoms with Gasteiger partial charge in [0.2, 0.25) is 0 Å². The van der Waals surface area contributed by atoms with E-state index in [1.54, 1.807) is 33.4 Å². The predicted octanol–water partition coefficient (Wildman–Crippen LogP) is 7.01. The molecule has 3 aromatic carbocycles. The van der Waals surface area contributed by atoms with Crippen molar-refractivity contribution in [3.05, 3.63) is 100 Å². The molecule has 0 unspecified atom stereocenters. The molecule has 4 atom stereocenters. The van der Waals surface area contributed by atoms with E-state index in [0.29, 0.717) is 151 Å². The Hall–Kier alpha value is -6.12. The summed E-state index contributed by atoms with van der Waals surface area (Å²) in [4.78, 5) is 48.6. The number of benzene rings is 3. The Labute approximate surface area is 508 Å². The highest BCUT2D eigenvalue weighted by Crippen LogP contribution is 2.45. The summed E-state index contributed by atoms with van der Waals surface area (Å²) in [6.45, 7) is 27.1. The highest BCUT2D eigenvalue weighted by molar-refractivity contribution is 6.74. The fraction of sp³-hybridized carbons (Fsp3) is 0.557. The molecule has 0 bridgehead atoms. The molecule has 3 N–H and O–H groups in total. The highest BCUT2D eigenvalue weighted by atomic mass is 28.4. The van der Waals surface area contributed by atoms with E-state index in [1.807, 2.05) is 86.2 Å². The van der Waals surface area contributed by atoms with E-state index in [2.05, 4.69) is 44.2 Å². The number of aromatic nitrogens is 3. The average molecular weight is 1210 g/mol. The van der Waals surface area contributed by atoms with E-state index in [-0.39, 0.29) is 48.2 Å². The molecule has 86 heavy (non-hydrogen) atoms. The molecule has 4 aromatic rings. The number of carbonyl (C=O) groups excluding carboxylic acids is 3. The van der Waals surface area contributed by atoms with Gasteiger partial charge in [0, 0.05) is 54.1 Å². The van der Waals surface area contributed by atoms with Crippen molar-refractivity contribution in [2.45, 2.75) is 130 Å². The molecular formula is C61H87B2N8O14Si. The number of amides is 2. The topological polar surface area (TPSA) is 233 Å². The standard InChI is InChI=1S/C61H87B2N8O14Si/c1-41-26-51-44(4)71(63(8)75)53-34-57(56(76-9)32-49(53)59(74)68(51)35-41)84-39-46-29-45(30-47(31-46)50-37-67(66-65-50)13-15-78-17-19-80-21-23-82-25-24-81-22-20-79-18-16-77-14-12-64)38-83-55-33-52-48(28-43(55)3)58(73)69-36-42(2)27-54(69)60(70(52)62-40-72)85-86(10,11)61(5,6)7/h28-37,40,44,51,54,60,75H,12-27,38-39,64H2,1-11H3/t44-,51-,54-,60-/m0/s1. The molecule has 0 saturated heterocycles. The van der Waals surface area contributed by atoms with Gasteiger partial charge in [0.15, 0.2) is 19.8 Å². The van der Waals surface area contributed by atoms with E-state index in [0.717, 1.165) is 39.6 Å². The number of methoxy groups -OCH3 is 1. The Morgan fingerprint density at radius 1 is 0.721 bits per heavy atom. The molecular weight excluding hydrogens is 1120 g/mol. The fourth-order valence-electron chi connectivity index (χ4n) is 10.9. The third-order valence-corrected chi connectivity index (χ3v) is 20.7. The SMILES string of the molecule is COc1cc2c(cc1OCc1cc(COc3cc4c(cc3C)C(=O)N3C=C(C)C[C@H]3[C@H](O[Si](C)(C)C(C)(C)C)N4[B]C=O)cc(-c3cn(CCOCCOCCOCCOCCOCCOCCN)nn3)c1)N(B(C)O)[C@@H](C)[C@@H]1CC(C)=CN1C2=O. The van der Waals surface area contributed by atoms with Crippen LogP contribution >= 0.6 is 0 Å². The van der Waals surface area contributed by atoms with Crippen molar-refractivity contribution < 1.29 is 66.5 Å². The third-order valence-electron chi connectivity index (χ3n) is 16.3. The minimum Gasteiger partial charge on any atom is -0.493 e. The largest absolute Gasteiger partial charge is 0.493 e. The van der Waals surface area contributed by atoms with Crippen molar-refractivity contribution in [1.29, 1.82) is 0 Å². The summed E-state index contributed by atoms with van der Waals surface area (Å²) >= 11 is 0. The van der Waals surface area contributed by atoms with Crippen LogP contribution in [0, 0.1) is 6.92 Å². The lowest BCUT2D eigenvalue weighted by Gasteiger charge is -2.45. The smallest absolute Gasteiger partial charge is 0.409 e. The summed E-state index contributed by atoms with van der Waals surface area (Å²) < 4.78 is 61.6. The first kappa shape index (κ1) is 65.8. The van der Waals surface area contributed by atoms with Gasteiger partial charge in [-0.2, -0.15) is 0 Å². The number of hydrogen-bond acceptors (Lipinski definition) is 19. The van der Waals surface area contributed by atoms with E-state index in [4.69, 9.17) is 52.8 Å². The Balaban J connectivity index is 0.982. The number of nitrogens with two attached hydrogens (primary N) is 1. The number of ether oxygens (including phenoxy) is 9. The molecule has 4 aliphatic heterocycles. The first-order chi connectivity index (χ1) is 41.2. The van der Waals surface area contributed by atoms with E-state index in [1.165, 1.54) is 14.5 Å². The molecule has 22 nitrogen and oxygen atoms in total. The minimum absolute atomic E-state index is 0.0660. The molecule has 0 aliphatic carbocycles. The monoisotopic (exact) mass is 1210 g/mol. The van der Waals surface area contributed by atoms with Gasteiger partial charge in [-0.15, -0.1) is 5.10 Å². The van der Waals surface area contributed by atoms with Crippen molar-refractivity contribution in [3.63, 3.8) is 0 Å². The lowest BCUT2D eigenvalue weighted by molar-refractivity contribution is -0.0167. The van der Waals surface area contributed by atoms with Crippen LogP contribution in [-0.4, -0.2) is 188 Å². The summed E-state index contributed by atoms with van der Waals surface area (Å²) in [7, 11) is -0.387. The van der Waals surface area contributed by atoms with Gasteiger partial charge in [-0.1, -0.05) is 37.1 Å². The van der Waals surface area contributed by atoms with Gasteiger partial charge in [-0.05, 0) is 113 Å². The lowest BCUT2D eigenvalue weighted by Crippen LogP contribution is -2.57. The van der Waals surface area contributed by atoms with Crippen LogP contribution < -0.4 is 29.6 Å². The zero-order valence-corrected chi connectivity index (χ0v) is 53.0. The number of rotatable bonds is 33. The quantitative estimate of drug-likeness (QED) is 0.0277. The summed E-state index contributed by atoms with van der Waals surface area (Å²) in [5.41, 5.74) is 13.0. The van der Waals surface area contributed by atoms with Crippen LogP contribution in [0.3, 0.4) is 0 Å². The molecule has 0 spiro atoms. The summed E-state index contributed by atoms with van der Waals surface area (Å²) in [5.74, 6) is 0.898. The molecule has 1 radical (unpaired) electrons. The van der Waals surface area contributed by atoms with Crippen LogP contribution in [0.25, 0.3) is 11.3 Å². The number of aryl methyl sites for hydroxylation is 1. The van der Waals surface area contributed by atoms with E-state index in [9.17, 15) is 19.4 Å². The number of nitrogens with zero attached hydrogens (tertiary/aromatic N) is 7. The third kappa shape index (κ3) is 16.1. The van der Waals surface area contributed by atoms with Gasteiger partial charge < -0.3 is 82.0 Å². The predicted molar refractivity (Wildman–Crippen MR) is 332 cm³/mol. The molecule has 5 heterocycles. The van der Waals surface area contributed by atoms with Gasteiger partial charge in [0.1, 0.15) is 37.1 Å². The van der Waals surface area contributed by atoms with Crippen molar-refractivity contribution in [1.82, 2.24) is 24.8 Å². The number of fused-ring (bicyclic) bond motifs is 4. The van der Waals surface area contributed by atoms with Gasteiger partial charge in [-0.25, -0.2) is 4.68 Å². The van der Waals surface area contributed by atoms with Crippen LogP contribution in [-0.2, 0) is 57.4 Å². The normalized spacial score (nSPS) is 18.5. The molecule has 4 aliphatic rings. The number of anilines is 2. The van der Waals surface area contributed by atoms with E-state index >= 15 is 0 Å². The summed E-state index contributed by atoms with van der Waals surface area (Å²) in [5, 5.41) is 20.1. The van der Waals surface area contributed by atoms with Gasteiger partial charge in [0.05, 0.1) is 122 Å². The van der Waals surface area contributed by atoms with Gasteiger partial charge in [-0.3, -0.25) is 9.59 Å². The Bertz CT molecular complexity index is 3030. The molecule has 2 amide bonds. The first-order valence-electron chi connectivity index (χ1n) is 29.8. The van der Waals surface area contributed by atoms with Crippen LogP contribution in [0.2, 0.25) is 25.0 Å². The Morgan fingerprint density at radius 2 is 1.24 bits per heavy atom. The van der Waals surface area contributed by atoms with Crippen LogP contribution in [0.5, 0.6) is 17.2 Å². The lowest BCUT2D eigenvalue weighted by atomic mass is 9.80. The van der Waals surface area contributed by atoms with Crippen molar-refractivity contribution in [3.8, 4) is 28.5 Å². The molecule has 25 heteroatoms. The van der Waals surface area contributed by atoms with Crippen molar-refractivity contribution >= 4 is 52.2 Å². The van der Waals surface area contributed by atoms with Crippen molar-refractivity contribution in [2.75, 3.05) is 103 Å². The maximum atomic E-state index is 14.6. The molecule has 0 fully saturated rings.